The summed E-state index contributed by atoms with van der Waals surface area (Å²) in [5.74, 6) is 6.38. The first-order valence-electron chi connectivity index (χ1n) is 10.1. The summed E-state index contributed by atoms with van der Waals surface area (Å²) < 4.78 is 19.8. The Morgan fingerprint density at radius 1 is 1.18 bits per heavy atom. The standard InChI is InChI=1S/C22H21FN6O2S2/c1-2-14-3-5-15(6-4-14)18-12-32-21(25-18)26-20(30)13-33-22-28-27-19(29(22)24)11-31-17-9-7-16(23)8-10-17/h3-10,12H,2,11,13,24H2,1H3,(H,25,26,30). The Hall–Kier alpha value is -3.44. The van der Waals surface area contributed by atoms with Crippen LogP contribution in [0.5, 0.6) is 5.75 Å². The van der Waals surface area contributed by atoms with Crippen molar-refractivity contribution < 1.29 is 13.9 Å². The van der Waals surface area contributed by atoms with Crippen molar-refractivity contribution in [2.75, 3.05) is 16.9 Å². The summed E-state index contributed by atoms with van der Waals surface area (Å²) in [6, 6.07) is 13.8. The largest absolute Gasteiger partial charge is 0.486 e. The predicted octanol–water partition coefficient (Wildman–Crippen LogP) is 4.13. The van der Waals surface area contributed by atoms with Crippen molar-refractivity contribution >= 4 is 34.1 Å². The molecule has 0 saturated heterocycles. The van der Waals surface area contributed by atoms with Crippen LogP contribution in [0.15, 0.2) is 59.1 Å². The van der Waals surface area contributed by atoms with Gasteiger partial charge < -0.3 is 15.9 Å². The average Bonchev–Trinajstić information content (AvgIpc) is 3.44. The Bertz CT molecular complexity index is 1220. The zero-order chi connectivity index (χ0) is 23.2. The number of ether oxygens (including phenoxy) is 1. The number of thiazole rings is 1. The molecular formula is C22H21FN6O2S2. The van der Waals surface area contributed by atoms with E-state index in [9.17, 15) is 9.18 Å². The van der Waals surface area contributed by atoms with E-state index in [2.05, 4.69) is 39.6 Å². The summed E-state index contributed by atoms with van der Waals surface area (Å²) >= 11 is 2.52. The molecule has 0 atom stereocenters. The summed E-state index contributed by atoms with van der Waals surface area (Å²) in [5.41, 5.74) is 3.08. The minimum atomic E-state index is -0.346. The van der Waals surface area contributed by atoms with Crippen LogP contribution >= 0.6 is 23.1 Å². The highest BCUT2D eigenvalue weighted by molar-refractivity contribution is 7.99. The third-order valence-corrected chi connectivity index (χ3v) is 6.36. The third kappa shape index (κ3) is 5.88. The number of nitrogens with one attached hydrogen (secondary N) is 1. The molecule has 0 spiro atoms. The van der Waals surface area contributed by atoms with Crippen LogP contribution in [0.4, 0.5) is 9.52 Å². The number of benzene rings is 2. The molecule has 0 aliphatic carbocycles. The SMILES string of the molecule is CCc1ccc(-c2csc(NC(=O)CSc3nnc(COc4ccc(F)cc4)n3N)n2)cc1. The molecule has 33 heavy (non-hydrogen) atoms. The number of nitrogens with two attached hydrogens (primary N) is 1. The lowest BCUT2D eigenvalue weighted by Crippen LogP contribution is -2.18. The van der Waals surface area contributed by atoms with Gasteiger partial charge in [0.05, 0.1) is 11.4 Å². The number of aromatic nitrogens is 4. The fourth-order valence-corrected chi connectivity index (χ4v) is 4.25. The molecule has 1 amide bonds. The van der Waals surface area contributed by atoms with E-state index in [0.29, 0.717) is 21.9 Å². The lowest BCUT2D eigenvalue weighted by molar-refractivity contribution is -0.113. The molecule has 8 nitrogen and oxygen atoms in total. The number of anilines is 1. The molecule has 170 valence electrons. The molecule has 0 fully saturated rings. The zero-order valence-electron chi connectivity index (χ0n) is 17.7. The lowest BCUT2D eigenvalue weighted by atomic mass is 10.1. The van der Waals surface area contributed by atoms with Crippen LogP contribution < -0.4 is 15.9 Å². The minimum Gasteiger partial charge on any atom is -0.486 e. The smallest absolute Gasteiger partial charge is 0.236 e. The van der Waals surface area contributed by atoms with Crippen LogP contribution in [-0.2, 0) is 17.8 Å². The highest BCUT2D eigenvalue weighted by Gasteiger charge is 2.14. The summed E-state index contributed by atoms with van der Waals surface area (Å²) in [6.45, 7) is 2.17. The van der Waals surface area contributed by atoms with Crippen molar-refractivity contribution in [3.8, 4) is 17.0 Å². The Labute approximate surface area is 198 Å². The highest BCUT2D eigenvalue weighted by Crippen LogP contribution is 2.26. The normalized spacial score (nSPS) is 10.8. The summed E-state index contributed by atoms with van der Waals surface area (Å²) in [6.07, 6.45) is 0.982. The van der Waals surface area contributed by atoms with Gasteiger partial charge in [-0.25, -0.2) is 14.1 Å². The molecule has 0 radical (unpaired) electrons. The molecule has 3 N–H and O–H groups in total. The molecule has 4 rings (SSSR count). The van der Waals surface area contributed by atoms with E-state index in [-0.39, 0.29) is 24.1 Å². The fraction of sp³-hybridized carbons (Fsp3) is 0.182. The van der Waals surface area contributed by atoms with E-state index in [4.69, 9.17) is 10.6 Å². The number of rotatable bonds is 9. The van der Waals surface area contributed by atoms with Gasteiger partial charge in [0.15, 0.2) is 11.0 Å². The first kappa shape index (κ1) is 22.7. The van der Waals surface area contributed by atoms with Crippen LogP contribution in [-0.4, -0.2) is 31.5 Å². The highest BCUT2D eigenvalue weighted by atomic mass is 32.2. The number of amides is 1. The number of aryl methyl sites for hydroxylation is 1. The second-order valence-corrected chi connectivity index (χ2v) is 8.74. The van der Waals surface area contributed by atoms with Gasteiger partial charge in [-0.1, -0.05) is 43.0 Å². The number of thioether (sulfide) groups is 1. The van der Waals surface area contributed by atoms with Crippen LogP contribution in [0.25, 0.3) is 11.3 Å². The number of carbonyl (C=O) groups is 1. The molecule has 11 heteroatoms. The summed E-state index contributed by atoms with van der Waals surface area (Å²) in [4.78, 5) is 16.8. The van der Waals surface area contributed by atoms with E-state index in [1.165, 1.54) is 45.8 Å². The van der Waals surface area contributed by atoms with Crippen molar-refractivity contribution in [1.29, 1.82) is 0 Å². The number of hydrogen-bond donors (Lipinski definition) is 2. The molecule has 0 unspecified atom stereocenters. The second kappa shape index (κ2) is 10.5. The number of hydrogen-bond acceptors (Lipinski definition) is 8. The van der Waals surface area contributed by atoms with Crippen molar-refractivity contribution in [1.82, 2.24) is 19.9 Å². The van der Waals surface area contributed by atoms with Gasteiger partial charge in [-0.2, -0.15) is 0 Å². The maximum absolute atomic E-state index is 13.0. The minimum absolute atomic E-state index is 0.0585. The first-order chi connectivity index (χ1) is 16.0. The molecule has 0 bridgehead atoms. The summed E-state index contributed by atoms with van der Waals surface area (Å²) in [7, 11) is 0. The molecule has 2 aromatic carbocycles. The van der Waals surface area contributed by atoms with Gasteiger partial charge >= 0.3 is 0 Å². The first-order valence-corrected chi connectivity index (χ1v) is 11.9. The maximum atomic E-state index is 13.0. The van der Waals surface area contributed by atoms with E-state index in [0.717, 1.165) is 29.4 Å². The number of nitrogen functional groups attached to an aromatic ring is 1. The third-order valence-electron chi connectivity index (χ3n) is 4.66. The van der Waals surface area contributed by atoms with Crippen LogP contribution in [0.2, 0.25) is 0 Å². The van der Waals surface area contributed by atoms with E-state index in [1.54, 1.807) is 0 Å². The fourth-order valence-electron chi connectivity index (χ4n) is 2.84. The van der Waals surface area contributed by atoms with Gasteiger partial charge in [-0.15, -0.1) is 21.5 Å². The van der Waals surface area contributed by atoms with Gasteiger partial charge in [0, 0.05) is 10.9 Å². The summed E-state index contributed by atoms with van der Waals surface area (Å²) in [5, 5.41) is 13.6. The number of carbonyl (C=O) groups excluding carboxylic acids is 1. The lowest BCUT2D eigenvalue weighted by Gasteiger charge is -2.06. The molecule has 0 saturated carbocycles. The monoisotopic (exact) mass is 484 g/mol. The van der Waals surface area contributed by atoms with Gasteiger partial charge in [0.1, 0.15) is 18.2 Å². The van der Waals surface area contributed by atoms with Crippen LogP contribution in [0.1, 0.15) is 18.3 Å². The van der Waals surface area contributed by atoms with E-state index < -0.39 is 0 Å². The van der Waals surface area contributed by atoms with Crippen molar-refractivity contribution in [2.45, 2.75) is 25.1 Å². The Morgan fingerprint density at radius 2 is 1.94 bits per heavy atom. The number of nitrogens with zero attached hydrogens (tertiary/aromatic N) is 4. The molecule has 4 aromatic rings. The van der Waals surface area contributed by atoms with Gasteiger partial charge in [0.25, 0.3) is 0 Å². The maximum Gasteiger partial charge on any atom is 0.236 e. The van der Waals surface area contributed by atoms with Crippen molar-refractivity contribution in [2.24, 2.45) is 0 Å². The average molecular weight is 485 g/mol. The zero-order valence-corrected chi connectivity index (χ0v) is 19.3. The molecule has 0 aliphatic rings. The van der Waals surface area contributed by atoms with Crippen LogP contribution in [0.3, 0.4) is 0 Å². The Kier molecular flexibility index (Phi) is 7.20. The molecule has 2 aromatic heterocycles. The Balaban J connectivity index is 1.28. The quantitative estimate of drug-likeness (QED) is 0.272. The van der Waals surface area contributed by atoms with Gasteiger partial charge in [-0.05, 0) is 36.2 Å². The molecule has 0 aliphatic heterocycles. The topological polar surface area (TPSA) is 108 Å². The predicted molar refractivity (Wildman–Crippen MR) is 127 cm³/mol. The Morgan fingerprint density at radius 3 is 2.67 bits per heavy atom. The van der Waals surface area contributed by atoms with E-state index >= 15 is 0 Å². The van der Waals surface area contributed by atoms with Crippen molar-refractivity contribution in [3.63, 3.8) is 0 Å². The molecular weight excluding hydrogens is 463 g/mol. The van der Waals surface area contributed by atoms with Gasteiger partial charge in [0.2, 0.25) is 11.1 Å². The molecule has 2 heterocycles. The second-order valence-electron chi connectivity index (χ2n) is 6.94. The number of halogens is 1. The van der Waals surface area contributed by atoms with Gasteiger partial charge in [-0.3, -0.25) is 4.79 Å². The van der Waals surface area contributed by atoms with Crippen molar-refractivity contribution in [3.05, 3.63) is 71.1 Å². The van der Waals surface area contributed by atoms with E-state index in [1.807, 2.05) is 17.5 Å². The van der Waals surface area contributed by atoms with Crippen LogP contribution in [0, 0.1) is 5.82 Å².